The van der Waals surface area contributed by atoms with Gasteiger partial charge in [-0.3, -0.25) is 10.9 Å². The molecule has 0 atom stereocenters. The maximum atomic E-state index is 13.3. The molecule has 2 rings (SSSR count). The lowest BCUT2D eigenvalue weighted by atomic mass is 10.2. The van der Waals surface area contributed by atoms with E-state index in [1.54, 1.807) is 36.4 Å². The smallest absolute Gasteiger partial charge is 0.207 e. The van der Waals surface area contributed by atoms with Crippen LogP contribution in [0.15, 0.2) is 58.7 Å². The highest BCUT2D eigenvalue weighted by molar-refractivity contribution is 7.80. The van der Waals surface area contributed by atoms with Crippen LogP contribution in [-0.2, 0) is 0 Å². The molecule has 0 fully saturated rings. The molecule has 0 heterocycles. The van der Waals surface area contributed by atoms with E-state index in [0.29, 0.717) is 11.1 Å². The average Bonchev–Trinajstić information content (AvgIpc) is 2.51. The molecule has 7 heteroatoms. The Hall–Kier alpha value is -2.67. The zero-order valence-electron chi connectivity index (χ0n) is 11.3. The summed E-state index contributed by atoms with van der Waals surface area (Å²) in [5, 5.41) is 7.66. The fourth-order valence-electron chi connectivity index (χ4n) is 1.51. The molecule has 2 aromatic rings. The highest BCUT2D eigenvalue weighted by Crippen LogP contribution is 2.03. The van der Waals surface area contributed by atoms with Crippen molar-refractivity contribution in [2.75, 3.05) is 0 Å². The van der Waals surface area contributed by atoms with Crippen molar-refractivity contribution in [3.63, 3.8) is 0 Å². The summed E-state index contributed by atoms with van der Waals surface area (Å²) < 4.78 is 26.6. The van der Waals surface area contributed by atoms with Crippen molar-refractivity contribution in [1.29, 1.82) is 0 Å². The molecule has 0 aliphatic heterocycles. The Labute approximate surface area is 131 Å². The number of hydrazone groups is 2. The zero-order chi connectivity index (χ0) is 15.8. The van der Waals surface area contributed by atoms with Crippen molar-refractivity contribution < 1.29 is 8.78 Å². The van der Waals surface area contributed by atoms with Gasteiger partial charge in [0.05, 0.1) is 12.4 Å². The van der Waals surface area contributed by atoms with Gasteiger partial charge >= 0.3 is 0 Å². The van der Waals surface area contributed by atoms with Gasteiger partial charge in [-0.25, -0.2) is 8.78 Å². The van der Waals surface area contributed by atoms with Crippen LogP contribution in [0, 0.1) is 11.6 Å². The average molecular weight is 318 g/mol. The van der Waals surface area contributed by atoms with Crippen LogP contribution < -0.4 is 10.9 Å². The molecule has 2 aromatic carbocycles. The number of halogens is 2. The SMILES string of the molecule is Fc1ccccc1/C=N\NC(=S)N/N=C\c1ccccc1F. The topological polar surface area (TPSA) is 48.8 Å². The van der Waals surface area contributed by atoms with Crippen molar-refractivity contribution in [3.05, 3.63) is 71.3 Å². The van der Waals surface area contributed by atoms with Crippen molar-refractivity contribution in [3.8, 4) is 0 Å². The minimum Gasteiger partial charge on any atom is -0.252 e. The molecule has 0 aromatic heterocycles. The maximum Gasteiger partial charge on any atom is 0.207 e. The van der Waals surface area contributed by atoms with Gasteiger partial charge in [0.25, 0.3) is 0 Å². The third kappa shape index (κ3) is 4.71. The quantitative estimate of drug-likeness (QED) is 0.518. The van der Waals surface area contributed by atoms with Crippen LogP contribution in [0.3, 0.4) is 0 Å². The lowest BCUT2D eigenvalue weighted by Crippen LogP contribution is -2.28. The number of rotatable bonds is 4. The molecule has 0 bridgehead atoms. The molecular formula is C15H12F2N4S. The molecule has 0 saturated carbocycles. The number of nitrogens with zero attached hydrogens (tertiary/aromatic N) is 2. The van der Waals surface area contributed by atoms with Crippen LogP contribution in [0.2, 0.25) is 0 Å². The van der Waals surface area contributed by atoms with E-state index in [0.717, 1.165) is 0 Å². The first-order chi connectivity index (χ1) is 10.7. The second-order valence-electron chi connectivity index (χ2n) is 4.11. The molecule has 0 amide bonds. The summed E-state index contributed by atoms with van der Waals surface area (Å²) in [5.41, 5.74) is 5.60. The summed E-state index contributed by atoms with van der Waals surface area (Å²) >= 11 is 4.91. The molecule has 0 radical (unpaired) electrons. The van der Waals surface area contributed by atoms with E-state index in [2.05, 4.69) is 21.1 Å². The molecule has 0 aliphatic rings. The Morgan fingerprint density at radius 2 is 1.23 bits per heavy atom. The second kappa shape index (κ2) is 7.94. The summed E-state index contributed by atoms with van der Waals surface area (Å²) in [4.78, 5) is 0. The number of hydrogen-bond acceptors (Lipinski definition) is 3. The lowest BCUT2D eigenvalue weighted by Gasteiger charge is -2.01. The molecule has 0 spiro atoms. The largest absolute Gasteiger partial charge is 0.252 e. The fourth-order valence-corrected chi connectivity index (χ4v) is 1.61. The zero-order valence-corrected chi connectivity index (χ0v) is 12.1. The van der Waals surface area contributed by atoms with Crippen molar-refractivity contribution in [2.24, 2.45) is 10.2 Å². The van der Waals surface area contributed by atoms with E-state index in [9.17, 15) is 8.78 Å². The van der Waals surface area contributed by atoms with E-state index in [1.807, 2.05) is 0 Å². The second-order valence-corrected chi connectivity index (χ2v) is 4.52. The van der Waals surface area contributed by atoms with Crippen LogP contribution in [0.4, 0.5) is 8.78 Å². The van der Waals surface area contributed by atoms with E-state index in [-0.39, 0.29) is 16.7 Å². The van der Waals surface area contributed by atoms with Gasteiger partial charge in [-0.05, 0) is 24.4 Å². The summed E-state index contributed by atoms with van der Waals surface area (Å²) in [7, 11) is 0. The monoisotopic (exact) mass is 318 g/mol. The number of benzene rings is 2. The summed E-state index contributed by atoms with van der Waals surface area (Å²) in [5.74, 6) is -0.769. The van der Waals surface area contributed by atoms with Crippen LogP contribution in [0.1, 0.15) is 11.1 Å². The predicted octanol–water partition coefficient (Wildman–Crippen LogP) is 2.80. The third-order valence-corrected chi connectivity index (χ3v) is 2.73. The first-order valence-corrected chi connectivity index (χ1v) is 6.69. The van der Waals surface area contributed by atoms with E-state index >= 15 is 0 Å². The van der Waals surface area contributed by atoms with Crippen LogP contribution >= 0.6 is 12.2 Å². The van der Waals surface area contributed by atoms with Crippen molar-refractivity contribution in [2.45, 2.75) is 0 Å². The van der Waals surface area contributed by atoms with Gasteiger partial charge in [0.2, 0.25) is 5.11 Å². The fraction of sp³-hybridized carbons (Fsp3) is 0. The Balaban J connectivity index is 1.84. The minimum atomic E-state index is -0.385. The molecule has 22 heavy (non-hydrogen) atoms. The number of nitrogens with one attached hydrogen (secondary N) is 2. The van der Waals surface area contributed by atoms with Crippen LogP contribution in [0.5, 0.6) is 0 Å². The molecular weight excluding hydrogens is 306 g/mol. The minimum absolute atomic E-state index is 0.0974. The van der Waals surface area contributed by atoms with E-state index < -0.39 is 0 Å². The van der Waals surface area contributed by atoms with E-state index in [1.165, 1.54) is 24.6 Å². The molecule has 4 nitrogen and oxygen atoms in total. The number of thiocarbonyl (C=S) groups is 1. The van der Waals surface area contributed by atoms with Gasteiger partial charge in [-0.2, -0.15) is 10.2 Å². The molecule has 0 saturated heterocycles. The first-order valence-electron chi connectivity index (χ1n) is 6.28. The maximum absolute atomic E-state index is 13.3. The highest BCUT2D eigenvalue weighted by atomic mass is 32.1. The van der Waals surface area contributed by atoms with Crippen molar-refractivity contribution >= 4 is 29.8 Å². The van der Waals surface area contributed by atoms with Crippen LogP contribution in [0.25, 0.3) is 0 Å². The molecule has 112 valence electrons. The lowest BCUT2D eigenvalue weighted by molar-refractivity contribution is 0.625. The van der Waals surface area contributed by atoms with Gasteiger partial charge in [-0.15, -0.1) is 0 Å². The Bertz CT molecular complexity index is 657. The Morgan fingerprint density at radius 3 is 1.64 bits per heavy atom. The van der Waals surface area contributed by atoms with Gasteiger partial charge in [0, 0.05) is 11.1 Å². The molecule has 0 unspecified atom stereocenters. The normalized spacial score (nSPS) is 11.0. The third-order valence-electron chi connectivity index (χ3n) is 2.55. The predicted molar refractivity (Wildman–Crippen MR) is 86.9 cm³/mol. The molecule has 2 N–H and O–H groups in total. The molecule has 0 aliphatic carbocycles. The van der Waals surface area contributed by atoms with Gasteiger partial charge in [0.15, 0.2) is 0 Å². The summed E-state index contributed by atoms with van der Waals surface area (Å²) in [6, 6.07) is 12.4. The Morgan fingerprint density at radius 1 is 0.818 bits per heavy atom. The summed E-state index contributed by atoms with van der Waals surface area (Å²) in [6.45, 7) is 0. The standard InChI is InChI=1S/C15H12F2N4S/c16-13-7-3-1-5-11(13)9-18-20-15(22)21-19-10-12-6-2-4-8-14(12)17/h1-10H,(H2,20,21,22)/b18-9-,19-10-. The van der Waals surface area contributed by atoms with Gasteiger partial charge in [-0.1, -0.05) is 36.4 Å². The Kier molecular flexibility index (Phi) is 5.67. The van der Waals surface area contributed by atoms with Gasteiger partial charge < -0.3 is 0 Å². The van der Waals surface area contributed by atoms with E-state index in [4.69, 9.17) is 12.2 Å². The number of hydrogen-bond donors (Lipinski definition) is 2. The van der Waals surface area contributed by atoms with Crippen LogP contribution in [-0.4, -0.2) is 17.5 Å². The van der Waals surface area contributed by atoms with Gasteiger partial charge in [0.1, 0.15) is 11.6 Å². The highest BCUT2D eigenvalue weighted by Gasteiger charge is 1.97. The van der Waals surface area contributed by atoms with Crippen molar-refractivity contribution in [1.82, 2.24) is 10.9 Å². The summed E-state index contributed by atoms with van der Waals surface area (Å²) in [6.07, 6.45) is 2.59. The first kappa shape index (κ1) is 15.7.